The van der Waals surface area contributed by atoms with Gasteiger partial charge in [-0.1, -0.05) is 33.1 Å². The average Bonchev–Trinajstić information content (AvgIpc) is 2.55. The number of nitrogens with zero attached hydrogens (tertiary/aromatic N) is 2. The molecular weight excluding hydrogens is 308 g/mol. The van der Waals surface area contributed by atoms with Crippen molar-refractivity contribution in [2.24, 2.45) is 5.92 Å². The zero-order valence-electron chi connectivity index (χ0n) is 14.8. The fourth-order valence-electron chi connectivity index (χ4n) is 3.33. The topological polar surface area (TPSA) is 81.8 Å². The van der Waals surface area contributed by atoms with Gasteiger partial charge in [0.15, 0.2) is 0 Å². The van der Waals surface area contributed by atoms with Gasteiger partial charge < -0.3 is 10.2 Å². The summed E-state index contributed by atoms with van der Waals surface area (Å²) in [5.74, 6) is -0.124. The number of nitrogens with one attached hydrogen (secondary N) is 2. The van der Waals surface area contributed by atoms with Gasteiger partial charge >= 0.3 is 6.03 Å². The zero-order valence-corrected chi connectivity index (χ0v) is 14.8. The number of urea groups is 1. The number of hydrogen-bond donors (Lipinski definition) is 2. The van der Waals surface area contributed by atoms with Crippen LogP contribution in [0, 0.1) is 5.92 Å². The number of carbonyl (C=O) groups excluding carboxylic acids is 3. The maximum Gasteiger partial charge on any atom is 0.321 e. The smallest absolute Gasteiger partial charge is 0.321 e. The predicted molar refractivity (Wildman–Crippen MR) is 91.4 cm³/mol. The highest BCUT2D eigenvalue weighted by Crippen LogP contribution is 2.17. The Hall–Kier alpha value is -1.63. The van der Waals surface area contributed by atoms with Crippen LogP contribution in [-0.4, -0.2) is 66.4 Å². The molecule has 0 aromatic rings. The van der Waals surface area contributed by atoms with E-state index in [0.717, 1.165) is 25.7 Å². The molecule has 0 unspecified atom stereocenters. The summed E-state index contributed by atoms with van der Waals surface area (Å²) >= 11 is 0. The quantitative estimate of drug-likeness (QED) is 0.799. The van der Waals surface area contributed by atoms with Crippen LogP contribution in [-0.2, 0) is 9.59 Å². The Morgan fingerprint density at radius 1 is 1.00 bits per heavy atom. The summed E-state index contributed by atoms with van der Waals surface area (Å²) in [5.41, 5.74) is 0. The van der Waals surface area contributed by atoms with Gasteiger partial charge in [-0.2, -0.15) is 0 Å². The summed E-state index contributed by atoms with van der Waals surface area (Å²) in [6.07, 6.45) is 5.49. The van der Waals surface area contributed by atoms with Crippen molar-refractivity contribution in [3.05, 3.63) is 0 Å². The average molecular weight is 338 g/mol. The molecule has 0 aromatic carbocycles. The lowest BCUT2D eigenvalue weighted by atomic mass is 9.96. The molecule has 0 atom stereocenters. The molecule has 2 fully saturated rings. The van der Waals surface area contributed by atoms with Crippen molar-refractivity contribution in [3.8, 4) is 0 Å². The minimum absolute atomic E-state index is 0.00308. The lowest BCUT2D eigenvalue weighted by molar-refractivity contribution is -0.136. The van der Waals surface area contributed by atoms with E-state index >= 15 is 0 Å². The molecule has 0 spiro atoms. The number of carbonyl (C=O) groups is 3. The molecule has 4 amide bonds. The van der Waals surface area contributed by atoms with Crippen molar-refractivity contribution in [3.63, 3.8) is 0 Å². The molecule has 2 aliphatic rings. The second-order valence-corrected chi connectivity index (χ2v) is 7.11. The van der Waals surface area contributed by atoms with Crippen molar-refractivity contribution in [2.45, 2.75) is 52.0 Å². The molecule has 1 aliphatic carbocycles. The molecule has 1 saturated carbocycles. The number of amides is 4. The third-order valence-electron chi connectivity index (χ3n) is 4.74. The lowest BCUT2D eigenvalue weighted by Gasteiger charge is -2.35. The van der Waals surface area contributed by atoms with Gasteiger partial charge in [-0.05, 0) is 12.8 Å². The van der Waals surface area contributed by atoms with Crippen molar-refractivity contribution in [1.29, 1.82) is 0 Å². The normalized spacial score (nSPS) is 20.0. The van der Waals surface area contributed by atoms with Crippen LogP contribution in [0.25, 0.3) is 0 Å². The fraction of sp³-hybridized carbons (Fsp3) is 0.824. The van der Waals surface area contributed by atoms with Crippen LogP contribution in [0.15, 0.2) is 0 Å². The minimum Gasteiger partial charge on any atom is -0.340 e. The number of rotatable bonds is 4. The van der Waals surface area contributed by atoms with E-state index in [9.17, 15) is 14.4 Å². The van der Waals surface area contributed by atoms with E-state index in [1.165, 1.54) is 6.42 Å². The molecule has 7 nitrogen and oxygen atoms in total. The lowest BCUT2D eigenvalue weighted by Crippen LogP contribution is -2.53. The summed E-state index contributed by atoms with van der Waals surface area (Å²) in [5, 5.41) is 5.29. The van der Waals surface area contributed by atoms with Crippen molar-refractivity contribution in [1.82, 2.24) is 20.4 Å². The predicted octanol–water partition coefficient (Wildman–Crippen LogP) is 0.945. The zero-order chi connectivity index (χ0) is 17.5. The summed E-state index contributed by atoms with van der Waals surface area (Å²) in [4.78, 5) is 39.6. The second-order valence-electron chi connectivity index (χ2n) is 7.11. The van der Waals surface area contributed by atoms with E-state index in [1.807, 2.05) is 23.6 Å². The van der Waals surface area contributed by atoms with Crippen molar-refractivity contribution in [2.75, 3.05) is 32.7 Å². The molecule has 1 saturated heterocycles. The molecular formula is C17H30N4O3. The SMILES string of the molecule is CC(C)C(=O)N1CCN(CC(=O)NC(=O)NC2CCCCC2)CC1. The summed E-state index contributed by atoms with van der Waals surface area (Å²) in [6, 6.07) is -0.197. The van der Waals surface area contributed by atoms with Crippen LogP contribution < -0.4 is 10.6 Å². The Bertz CT molecular complexity index is 453. The van der Waals surface area contributed by atoms with Crippen LogP contribution >= 0.6 is 0 Å². The molecule has 24 heavy (non-hydrogen) atoms. The van der Waals surface area contributed by atoms with Crippen LogP contribution in [0.3, 0.4) is 0 Å². The van der Waals surface area contributed by atoms with Gasteiger partial charge in [-0.3, -0.25) is 19.8 Å². The van der Waals surface area contributed by atoms with E-state index in [-0.39, 0.29) is 36.3 Å². The van der Waals surface area contributed by atoms with E-state index < -0.39 is 0 Å². The van der Waals surface area contributed by atoms with Crippen LogP contribution in [0.5, 0.6) is 0 Å². The standard InChI is InChI=1S/C17H30N4O3/c1-13(2)16(23)21-10-8-20(9-11-21)12-15(22)19-17(24)18-14-6-4-3-5-7-14/h13-14H,3-12H2,1-2H3,(H2,18,19,22,24). The molecule has 1 aliphatic heterocycles. The monoisotopic (exact) mass is 338 g/mol. The Kier molecular flexibility index (Phi) is 7.02. The van der Waals surface area contributed by atoms with Gasteiger partial charge in [0.25, 0.3) is 0 Å². The van der Waals surface area contributed by atoms with Crippen molar-refractivity contribution < 1.29 is 14.4 Å². The van der Waals surface area contributed by atoms with Gasteiger partial charge in [0.2, 0.25) is 11.8 Å². The number of piperazine rings is 1. The molecule has 0 bridgehead atoms. The van der Waals surface area contributed by atoms with Gasteiger partial charge in [0.05, 0.1) is 6.54 Å². The highest BCUT2D eigenvalue weighted by Gasteiger charge is 2.24. The fourth-order valence-corrected chi connectivity index (χ4v) is 3.33. The maximum atomic E-state index is 12.0. The first-order chi connectivity index (χ1) is 11.5. The second kappa shape index (κ2) is 9.01. The Morgan fingerprint density at radius 2 is 1.62 bits per heavy atom. The maximum absolute atomic E-state index is 12.0. The van der Waals surface area contributed by atoms with Crippen LogP contribution in [0.2, 0.25) is 0 Å². The number of imide groups is 1. The first-order valence-corrected chi connectivity index (χ1v) is 9.07. The molecule has 2 N–H and O–H groups in total. The molecule has 0 radical (unpaired) electrons. The first-order valence-electron chi connectivity index (χ1n) is 9.07. The first kappa shape index (κ1) is 18.7. The van der Waals surface area contributed by atoms with E-state index in [2.05, 4.69) is 10.6 Å². The molecule has 2 rings (SSSR count). The molecule has 136 valence electrons. The highest BCUT2D eigenvalue weighted by molar-refractivity contribution is 5.95. The van der Waals surface area contributed by atoms with Gasteiger partial charge in [-0.15, -0.1) is 0 Å². The van der Waals surface area contributed by atoms with E-state index in [1.54, 1.807) is 0 Å². The summed E-state index contributed by atoms with van der Waals surface area (Å²) in [7, 11) is 0. The van der Waals surface area contributed by atoms with Gasteiger partial charge in [-0.25, -0.2) is 4.79 Å². The number of hydrogen-bond acceptors (Lipinski definition) is 4. The van der Waals surface area contributed by atoms with Crippen molar-refractivity contribution >= 4 is 17.8 Å². The third-order valence-corrected chi connectivity index (χ3v) is 4.74. The van der Waals surface area contributed by atoms with E-state index in [4.69, 9.17) is 0 Å². The van der Waals surface area contributed by atoms with E-state index in [0.29, 0.717) is 26.2 Å². The largest absolute Gasteiger partial charge is 0.340 e. The summed E-state index contributed by atoms with van der Waals surface area (Å²) in [6.45, 7) is 6.59. The Labute approximate surface area is 144 Å². The van der Waals surface area contributed by atoms with Gasteiger partial charge in [0.1, 0.15) is 0 Å². The Balaban J connectivity index is 1.66. The van der Waals surface area contributed by atoms with Crippen LogP contribution in [0.1, 0.15) is 46.0 Å². The molecule has 0 aromatic heterocycles. The van der Waals surface area contributed by atoms with Gasteiger partial charge in [0, 0.05) is 38.1 Å². The molecule has 1 heterocycles. The van der Waals surface area contributed by atoms with Crippen LogP contribution in [0.4, 0.5) is 4.79 Å². The highest BCUT2D eigenvalue weighted by atomic mass is 16.2. The Morgan fingerprint density at radius 3 is 2.21 bits per heavy atom. The third kappa shape index (κ3) is 5.78. The molecule has 7 heteroatoms. The minimum atomic E-state index is -0.388. The summed E-state index contributed by atoms with van der Waals surface area (Å²) < 4.78 is 0.